The molecule has 0 aromatic rings. The van der Waals surface area contributed by atoms with E-state index in [0.29, 0.717) is 0 Å². The monoisotopic (exact) mass is 173 g/mol. The van der Waals surface area contributed by atoms with Crippen LogP contribution in [0, 0.1) is 0 Å². The van der Waals surface area contributed by atoms with E-state index < -0.39 is 18.0 Å². The van der Waals surface area contributed by atoms with E-state index in [9.17, 15) is 18.0 Å². The SMILES string of the molecule is NC(CS)C(=O)C(F)(F)F. The zero-order chi connectivity index (χ0) is 8.36. The average molecular weight is 173 g/mol. The molecule has 1 unspecified atom stereocenters. The van der Waals surface area contributed by atoms with Crippen LogP contribution in [-0.2, 0) is 4.79 Å². The van der Waals surface area contributed by atoms with Crippen molar-refractivity contribution in [1.82, 2.24) is 0 Å². The summed E-state index contributed by atoms with van der Waals surface area (Å²) in [5, 5.41) is 0. The van der Waals surface area contributed by atoms with Crippen molar-refractivity contribution in [2.24, 2.45) is 5.73 Å². The molecule has 0 radical (unpaired) electrons. The number of hydrogen-bond acceptors (Lipinski definition) is 3. The molecule has 0 amide bonds. The number of ketones is 1. The van der Waals surface area contributed by atoms with Crippen molar-refractivity contribution in [3.05, 3.63) is 0 Å². The fourth-order valence-electron chi connectivity index (χ4n) is 0.293. The number of thiol groups is 1. The van der Waals surface area contributed by atoms with Crippen molar-refractivity contribution in [3.63, 3.8) is 0 Å². The first-order valence-corrected chi connectivity index (χ1v) is 3.00. The van der Waals surface area contributed by atoms with Gasteiger partial charge < -0.3 is 5.73 Å². The maximum absolute atomic E-state index is 11.4. The van der Waals surface area contributed by atoms with E-state index in [1.807, 2.05) is 0 Å². The standard InChI is InChI=1S/C4H6F3NOS/c5-4(6,7)3(9)2(8)1-10/h2,10H,1,8H2. The minimum absolute atomic E-state index is 0.293. The second kappa shape index (κ2) is 3.25. The van der Waals surface area contributed by atoms with Crippen LogP contribution in [0.2, 0.25) is 0 Å². The quantitative estimate of drug-likeness (QED) is 0.592. The van der Waals surface area contributed by atoms with Crippen LogP contribution < -0.4 is 5.73 Å². The third-order valence-electron chi connectivity index (χ3n) is 0.813. The number of carbonyl (C=O) groups excluding carboxylic acids is 1. The molecular formula is C4H6F3NOS. The molecule has 6 heteroatoms. The van der Waals surface area contributed by atoms with Crippen molar-refractivity contribution in [1.29, 1.82) is 0 Å². The van der Waals surface area contributed by atoms with Gasteiger partial charge in [0.2, 0.25) is 0 Å². The molecule has 0 heterocycles. The maximum atomic E-state index is 11.4. The molecule has 10 heavy (non-hydrogen) atoms. The van der Waals surface area contributed by atoms with Crippen molar-refractivity contribution >= 4 is 18.4 Å². The molecule has 0 saturated carbocycles. The van der Waals surface area contributed by atoms with Crippen LogP contribution in [-0.4, -0.2) is 23.8 Å². The lowest BCUT2D eigenvalue weighted by atomic mass is 10.2. The van der Waals surface area contributed by atoms with E-state index in [2.05, 4.69) is 12.6 Å². The molecule has 0 aliphatic heterocycles. The van der Waals surface area contributed by atoms with E-state index in [0.717, 1.165) is 0 Å². The van der Waals surface area contributed by atoms with E-state index in [4.69, 9.17) is 5.73 Å². The third kappa shape index (κ3) is 2.57. The lowest BCUT2D eigenvalue weighted by molar-refractivity contribution is -0.171. The minimum atomic E-state index is -4.83. The van der Waals surface area contributed by atoms with Crippen LogP contribution >= 0.6 is 12.6 Å². The lowest BCUT2D eigenvalue weighted by Crippen LogP contribution is -2.41. The van der Waals surface area contributed by atoms with Crippen LogP contribution in [0.5, 0.6) is 0 Å². The van der Waals surface area contributed by atoms with Crippen molar-refractivity contribution < 1.29 is 18.0 Å². The Kier molecular flexibility index (Phi) is 3.17. The van der Waals surface area contributed by atoms with Gasteiger partial charge in [-0.05, 0) is 0 Å². The van der Waals surface area contributed by atoms with Crippen LogP contribution in [0.15, 0.2) is 0 Å². The molecule has 60 valence electrons. The summed E-state index contributed by atoms with van der Waals surface area (Å²) in [5.74, 6) is -2.22. The first-order chi connectivity index (χ1) is 4.39. The highest BCUT2D eigenvalue weighted by molar-refractivity contribution is 7.80. The number of halogens is 3. The predicted molar refractivity (Wildman–Crippen MR) is 32.9 cm³/mol. The van der Waals surface area contributed by atoms with Gasteiger partial charge in [0, 0.05) is 5.75 Å². The Hall–Kier alpha value is -0.230. The van der Waals surface area contributed by atoms with Gasteiger partial charge in [0.15, 0.2) is 0 Å². The molecule has 0 aromatic heterocycles. The number of hydrogen-bond donors (Lipinski definition) is 2. The summed E-state index contributed by atoms with van der Waals surface area (Å²) in [6, 6.07) is -1.54. The van der Waals surface area contributed by atoms with E-state index >= 15 is 0 Å². The number of alkyl halides is 3. The molecular weight excluding hydrogens is 167 g/mol. The van der Waals surface area contributed by atoms with Gasteiger partial charge in [-0.3, -0.25) is 4.79 Å². The topological polar surface area (TPSA) is 43.1 Å². The molecule has 0 fully saturated rings. The van der Waals surface area contributed by atoms with Crippen LogP contribution in [0.4, 0.5) is 13.2 Å². The molecule has 0 spiro atoms. The van der Waals surface area contributed by atoms with Gasteiger partial charge in [-0.25, -0.2) is 0 Å². The highest BCUT2D eigenvalue weighted by atomic mass is 32.1. The fourth-order valence-corrected chi connectivity index (χ4v) is 0.459. The third-order valence-corrected chi connectivity index (χ3v) is 1.21. The predicted octanol–water partition coefficient (Wildman–Crippen LogP) is 0.375. The van der Waals surface area contributed by atoms with Crippen molar-refractivity contribution in [2.45, 2.75) is 12.2 Å². The summed E-state index contributed by atoms with van der Waals surface area (Å²) < 4.78 is 34.3. The van der Waals surface area contributed by atoms with Crippen LogP contribution in [0.25, 0.3) is 0 Å². The number of carbonyl (C=O) groups is 1. The Labute approximate surface area is 61.0 Å². The molecule has 0 bridgehead atoms. The van der Waals surface area contributed by atoms with Gasteiger partial charge in [-0.15, -0.1) is 0 Å². The first kappa shape index (κ1) is 9.77. The first-order valence-electron chi connectivity index (χ1n) is 2.37. The zero-order valence-electron chi connectivity index (χ0n) is 4.85. The highest BCUT2D eigenvalue weighted by Crippen LogP contribution is 2.17. The number of Topliss-reactive ketones (excluding diaryl/α,β-unsaturated/α-hetero) is 1. The molecule has 0 aliphatic rings. The molecule has 2 N–H and O–H groups in total. The minimum Gasteiger partial charge on any atom is -0.321 e. The number of rotatable bonds is 2. The molecule has 0 saturated heterocycles. The van der Waals surface area contributed by atoms with Gasteiger partial charge in [-0.1, -0.05) is 0 Å². The largest absolute Gasteiger partial charge is 0.451 e. The van der Waals surface area contributed by atoms with Gasteiger partial charge >= 0.3 is 6.18 Å². The molecule has 0 rings (SSSR count). The summed E-state index contributed by atoms with van der Waals surface area (Å²) in [5.41, 5.74) is 4.76. The zero-order valence-corrected chi connectivity index (χ0v) is 5.75. The maximum Gasteiger partial charge on any atom is 0.451 e. The summed E-state index contributed by atoms with van der Waals surface area (Å²) in [7, 11) is 0. The van der Waals surface area contributed by atoms with E-state index in [-0.39, 0.29) is 5.75 Å². The Morgan fingerprint density at radius 2 is 2.00 bits per heavy atom. The number of nitrogens with two attached hydrogens (primary N) is 1. The summed E-state index contributed by atoms with van der Waals surface area (Å²) >= 11 is 3.44. The summed E-state index contributed by atoms with van der Waals surface area (Å²) in [6.45, 7) is 0. The molecule has 0 aliphatic carbocycles. The smallest absolute Gasteiger partial charge is 0.321 e. The lowest BCUT2D eigenvalue weighted by Gasteiger charge is -2.08. The normalized spacial score (nSPS) is 14.9. The summed E-state index contributed by atoms with van der Waals surface area (Å²) in [4.78, 5) is 10.1. The average Bonchev–Trinajstić information content (AvgIpc) is 1.83. The second-order valence-electron chi connectivity index (χ2n) is 1.65. The Bertz CT molecular complexity index is 135. The van der Waals surface area contributed by atoms with Crippen LogP contribution in [0.3, 0.4) is 0 Å². The molecule has 1 atom stereocenters. The van der Waals surface area contributed by atoms with E-state index in [1.54, 1.807) is 0 Å². The Morgan fingerprint density at radius 3 is 2.10 bits per heavy atom. The molecule has 2 nitrogen and oxygen atoms in total. The van der Waals surface area contributed by atoms with Gasteiger partial charge in [0.1, 0.15) is 0 Å². The van der Waals surface area contributed by atoms with Gasteiger partial charge in [-0.2, -0.15) is 25.8 Å². The highest BCUT2D eigenvalue weighted by Gasteiger charge is 2.41. The van der Waals surface area contributed by atoms with Crippen molar-refractivity contribution in [3.8, 4) is 0 Å². The van der Waals surface area contributed by atoms with Crippen LogP contribution in [0.1, 0.15) is 0 Å². The summed E-state index contributed by atoms with van der Waals surface area (Å²) in [6.07, 6.45) is -4.83. The second-order valence-corrected chi connectivity index (χ2v) is 2.02. The van der Waals surface area contributed by atoms with E-state index in [1.165, 1.54) is 0 Å². The fraction of sp³-hybridized carbons (Fsp3) is 0.750. The Balaban J connectivity index is 4.09. The molecule has 0 aromatic carbocycles. The van der Waals surface area contributed by atoms with Gasteiger partial charge in [0.05, 0.1) is 6.04 Å². The van der Waals surface area contributed by atoms with Gasteiger partial charge in [0.25, 0.3) is 5.78 Å². The Morgan fingerprint density at radius 1 is 1.60 bits per heavy atom. The van der Waals surface area contributed by atoms with Crippen molar-refractivity contribution in [2.75, 3.05) is 5.75 Å².